The van der Waals surface area contributed by atoms with Crippen molar-refractivity contribution < 1.29 is 5.11 Å². The highest BCUT2D eigenvalue weighted by atomic mass is 16.3. The van der Waals surface area contributed by atoms with Crippen LogP contribution in [0.25, 0.3) is 11.0 Å². The molecule has 4 nitrogen and oxygen atoms in total. The van der Waals surface area contributed by atoms with Gasteiger partial charge in [0.05, 0.1) is 11.0 Å². The van der Waals surface area contributed by atoms with Crippen LogP contribution in [0.5, 0.6) is 0 Å². The van der Waals surface area contributed by atoms with Crippen LogP contribution >= 0.6 is 0 Å². The molecule has 1 N–H and O–H groups in total. The van der Waals surface area contributed by atoms with Crippen LogP contribution in [0.2, 0.25) is 0 Å². The highest BCUT2D eigenvalue weighted by Gasteiger charge is 2.24. The first-order chi connectivity index (χ1) is 11.8. The van der Waals surface area contributed by atoms with Crippen LogP contribution in [0, 0.1) is 0 Å². The number of aromatic nitrogens is 2. The van der Waals surface area contributed by atoms with Gasteiger partial charge in [0.25, 0.3) is 0 Å². The summed E-state index contributed by atoms with van der Waals surface area (Å²) in [7, 11) is 0. The van der Waals surface area contributed by atoms with Gasteiger partial charge in [0.15, 0.2) is 0 Å². The van der Waals surface area contributed by atoms with Crippen LogP contribution in [0.1, 0.15) is 30.3 Å². The summed E-state index contributed by atoms with van der Waals surface area (Å²) in [5.74, 6) is 0.780. The number of fused-ring (bicyclic) bond motifs is 1. The maximum atomic E-state index is 9.75. The van der Waals surface area contributed by atoms with E-state index in [2.05, 4.69) is 50.8 Å². The van der Waals surface area contributed by atoms with Crippen molar-refractivity contribution in [3.63, 3.8) is 0 Å². The van der Waals surface area contributed by atoms with Crippen molar-refractivity contribution in [1.29, 1.82) is 0 Å². The molecule has 0 unspecified atom stereocenters. The minimum absolute atomic E-state index is 0.0101. The fourth-order valence-electron chi connectivity index (χ4n) is 3.84. The highest BCUT2D eigenvalue weighted by Crippen LogP contribution is 2.28. The summed E-state index contributed by atoms with van der Waals surface area (Å²) in [5, 5.41) is 9.75. The summed E-state index contributed by atoms with van der Waals surface area (Å²) in [6, 6.07) is 19.2. The van der Waals surface area contributed by atoms with Crippen molar-refractivity contribution in [2.24, 2.45) is 0 Å². The summed E-state index contributed by atoms with van der Waals surface area (Å²) >= 11 is 0. The number of likely N-dealkylation sites (tertiary alicyclic amines) is 1. The minimum Gasteiger partial charge on any atom is -0.388 e. The van der Waals surface area contributed by atoms with Crippen molar-refractivity contribution in [2.75, 3.05) is 13.1 Å². The normalized spacial score (nSPS) is 19.0. The van der Waals surface area contributed by atoms with Crippen LogP contribution in [-0.2, 0) is 13.2 Å². The Kier molecular flexibility index (Phi) is 4.32. The van der Waals surface area contributed by atoms with Gasteiger partial charge >= 0.3 is 0 Å². The molecule has 0 radical (unpaired) electrons. The predicted octanol–water partition coefficient (Wildman–Crippen LogP) is 3.37. The van der Waals surface area contributed by atoms with E-state index in [-0.39, 0.29) is 6.61 Å². The zero-order chi connectivity index (χ0) is 16.4. The van der Waals surface area contributed by atoms with Gasteiger partial charge < -0.3 is 9.67 Å². The van der Waals surface area contributed by atoms with Crippen LogP contribution in [-0.4, -0.2) is 32.6 Å². The monoisotopic (exact) mass is 321 g/mol. The van der Waals surface area contributed by atoms with Crippen LogP contribution in [0.15, 0.2) is 54.6 Å². The molecule has 2 aromatic carbocycles. The molecule has 1 saturated heterocycles. The Bertz CT molecular complexity index is 812. The molecule has 1 atom stereocenters. The second-order valence-corrected chi connectivity index (χ2v) is 6.56. The highest BCUT2D eigenvalue weighted by molar-refractivity contribution is 5.76. The molecule has 2 heterocycles. The number of imidazole rings is 1. The number of rotatable bonds is 4. The second kappa shape index (κ2) is 6.75. The van der Waals surface area contributed by atoms with Gasteiger partial charge in [0.1, 0.15) is 12.4 Å². The van der Waals surface area contributed by atoms with E-state index in [1.165, 1.54) is 12.0 Å². The smallest absolute Gasteiger partial charge is 0.136 e. The number of piperidine rings is 1. The van der Waals surface area contributed by atoms with E-state index in [1.807, 2.05) is 18.2 Å². The van der Waals surface area contributed by atoms with E-state index in [1.54, 1.807) is 0 Å². The molecule has 1 aliphatic rings. The number of hydrogen-bond donors (Lipinski definition) is 1. The maximum absolute atomic E-state index is 9.75. The summed E-state index contributed by atoms with van der Waals surface area (Å²) in [6.45, 7) is 3.11. The lowest BCUT2D eigenvalue weighted by molar-refractivity contribution is 0.165. The van der Waals surface area contributed by atoms with Gasteiger partial charge in [0.2, 0.25) is 0 Å². The Morgan fingerprint density at radius 2 is 1.83 bits per heavy atom. The largest absolute Gasteiger partial charge is 0.388 e. The zero-order valence-corrected chi connectivity index (χ0v) is 13.8. The van der Waals surface area contributed by atoms with Gasteiger partial charge in [-0.25, -0.2) is 4.98 Å². The summed E-state index contributed by atoms with van der Waals surface area (Å²) in [5.41, 5.74) is 3.46. The zero-order valence-electron chi connectivity index (χ0n) is 13.8. The Labute approximate surface area is 142 Å². The number of aliphatic hydroxyl groups is 1. The molecular weight excluding hydrogens is 298 g/mol. The molecule has 24 heavy (non-hydrogen) atoms. The van der Waals surface area contributed by atoms with Gasteiger partial charge in [-0.3, -0.25) is 4.90 Å². The van der Waals surface area contributed by atoms with E-state index in [0.717, 1.165) is 42.9 Å². The van der Waals surface area contributed by atoms with Crippen LogP contribution in [0.4, 0.5) is 0 Å². The minimum atomic E-state index is -0.0101. The van der Waals surface area contributed by atoms with Gasteiger partial charge in [-0.1, -0.05) is 42.5 Å². The first-order valence-electron chi connectivity index (χ1n) is 8.68. The molecular formula is C20H23N3O. The van der Waals surface area contributed by atoms with Crippen molar-refractivity contribution in [2.45, 2.75) is 32.0 Å². The molecule has 4 rings (SSSR count). The van der Waals surface area contributed by atoms with Gasteiger partial charge in [-0.05, 0) is 37.1 Å². The third kappa shape index (κ3) is 2.95. The summed E-state index contributed by atoms with van der Waals surface area (Å²) in [6.07, 6.45) is 2.31. The number of benzene rings is 2. The first kappa shape index (κ1) is 15.4. The van der Waals surface area contributed by atoms with Crippen molar-refractivity contribution in [3.8, 4) is 0 Å². The Balaban J connectivity index is 1.60. The Morgan fingerprint density at radius 3 is 2.67 bits per heavy atom. The standard InChI is InChI=1S/C20H23N3O/c24-15-20-21-18-10-4-5-11-19(18)23(20)17-9-6-12-22(14-17)13-16-7-2-1-3-8-16/h1-5,7-8,10-11,17,24H,6,9,12-15H2/t17-/m0/s1. The molecule has 0 bridgehead atoms. The lowest BCUT2D eigenvalue weighted by atomic mass is 10.0. The predicted molar refractivity (Wildman–Crippen MR) is 95.6 cm³/mol. The average Bonchev–Trinajstić information content (AvgIpc) is 3.01. The van der Waals surface area contributed by atoms with E-state index in [0.29, 0.717) is 6.04 Å². The fourth-order valence-corrected chi connectivity index (χ4v) is 3.84. The lowest BCUT2D eigenvalue weighted by Gasteiger charge is -2.34. The molecule has 1 aromatic heterocycles. The summed E-state index contributed by atoms with van der Waals surface area (Å²) in [4.78, 5) is 7.12. The molecule has 0 aliphatic carbocycles. The molecule has 1 fully saturated rings. The van der Waals surface area contributed by atoms with Crippen molar-refractivity contribution in [3.05, 3.63) is 66.0 Å². The van der Waals surface area contributed by atoms with Gasteiger partial charge in [-0.2, -0.15) is 0 Å². The van der Waals surface area contributed by atoms with E-state index in [4.69, 9.17) is 0 Å². The fraction of sp³-hybridized carbons (Fsp3) is 0.350. The van der Waals surface area contributed by atoms with Crippen LogP contribution < -0.4 is 0 Å². The Hall–Kier alpha value is -2.17. The number of hydrogen-bond acceptors (Lipinski definition) is 3. The molecule has 3 aromatic rings. The van der Waals surface area contributed by atoms with E-state index >= 15 is 0 Å². The first-order valence-corrected chi connectivity index (χ1v) is 8.68. The van der Waals surface area contributed by atoms with Crippen molar-refractivity contribution >= 4 is 11.0 Å². The van der Waals surface area contributed by atoms with Crippen LogP contribution in [0.3, 0.4) is 0 Å². The van der Waals surface area contributed by atoms with Gasteiger partial charge in [0, 0.05) is 19.1 Å². The van der Waals surface area contributed by atoms with E-state index < -0.39 is 0 Å². The third-order valence-corrected chi connectivity index (χ3v) is 4.91. The lowest BCUT2D eigenvalue weighted by Crippen LogP contribution is -2.36. The molecule has 0 spiro atoms. The topological polar surface area (TPSA) is 41.3 Å². The third-order valence-electron chi connectivity index (χ3n) is 4.91. The number of para-hydroxylation sites is 2. The molecule has 0 amide bonds. The summed E-state index contributed by atoms with van der Waals surface area (Å²) < 4.78 is 2.26. The van der Waals surface area contributed by atoms with E-state index in [9.17, 15) is 5.11 Å². The Morgan fingerprint density at radius 1 is 1.04 bits per heavy atom. The molecule has 124 valence electrons. The quantitative estimate of drug-likeness (QED) is 0.801. The average molecular weight is 321 g/mol. The molecule has 0 saturated carbocycles. The van der Waals surface area contributed by atoms with Gasteiger partial charge in [-0.15, -0.1) is 0 Å². The van der Waals surface area contributed by atoms with Crippen molar-refractivity contribution in [1.82, 2.24) is 14.5 Å². The molecule has 4 heteroatoms. The molecule has 1 aliphatic heterocycles. The maximum Gasteiger partial charge on any atom is 0.136 e. The second-order valence-electron chi connectivity index (χ2n) is 6.56. The number of nitrogens with zero attached hydrogens (tertiary/aromatic N) is 3. The SMILES string of the molecule is OCc1nc2ccccc2n1[C@H]1CCCN(Cc2ccccc2)C1. The number of aliphatic hydroxyl groups excluding tert-OH is 1.